The van der Waals surface area contributed by atoms with Crippen LogP contribution in [0.15, 0.2) is 6.20 Å². The summed E-state index contributed by atoms with van der Waals surface area (Å²) < 4.78 is 0. The number of aromatic amines is 1. The molecule has 3 nitrogen and oxygen atoms in total. The van der Waals surface area contributed by atoms with Crippen molar-refractivity contribution in [1.82, 2.24) is 15.5 Å². The highest BCUT2D eigenvalue weighted by Gasteiger charge is 1.97. The highest BCUT2D eigenvalue weighted by molar-refractivity contribution is 5.13. The normalized spacial score (nSPS) is 9.85. The lowest BCUT2D eigenvalue weighted by Gasteiger charge is -2.01. The lowest BCUT2D eigenvalue weighted by atomic mass is 10.2. The van der Waals surface area contributed by atoms with Crippen LogP contribution in [-0.4, -0.2) is 16.7 Å². The van der Waals surface area contributed by atoms with E-state index in [1.165, 1.54) is 5.56 Å². The van der Waals surface area contributed by atoms with Crippen LogP contribution in [0.5, 0.6) is 0 Å². The van der Waals surface area contributed by atoms with Crippen LogP contribution >= 0.6 is 0 Å². The number of terminal acetylenes is 1. The summed E-state index contributed by atoms with van der Waals surface area (Å²) in [7, 11) is 0. The molecule has 0 spiro atoms. The third-order valence-corrected chi connectivity index (χ3v) is 1.92. The van der Waals surface area contributed by atoms with Crippen LogP contribution in [0.4, 0.5) is 0 Å². The molecule has 3 heteroatoms. The van der Waals surface area contributed by atoms with Crippen molar-refractivity contribution in [3.63, 3.8) is 0 Å². The standard InChI is InChI=1S/C10H15N3/c1-3-4-5-6-11-7-10-8-12-13-9(10)2/h1,8,11H,4-7H2,2H3,(H,12,13). The Hall–Kier alpha value is -1.27. The minimum absolute atomic E-state index is 0.845. The largest absolute Gasteiger partial charge is 0.313 e. The number of hydrogen-bond acceptors (Lipinski definition) is 2. The van der Waals surface area contributed by atoms with Gasteiger partial charge in [-0.3, -0.25) is 5.10 Å². The SMILES string of the molecule is C#CCCCNCc1cn[nH]c1C. The molecule has 0 radical (unpaired) electrons. The number of nitrogens with zero attached hydrogens (tertiary/aromatic N) is 1. The number of aryl methyl sites for hydroxylation is 1. The second kappa shape index (κ2) is 5.39. The van der Waals surface area contributed by atoms with E-state index in [9.17, 15) is 0 Å². The first-order chi connectivity index (χ1) is 6.34. The minimum atomic E-state index is 0.845. The Balaban J connectivity index is 2.14. The van der Waals surface area contributed by atoms with Gasteiger partial charge in [0.2, 0.25) is 0 Å². The van der Waals surface area contributed by atoms with Crippen molar-refractivity contribution in [2.24, 2.45) is 0 Å². The molecule has 70 valence electrons. The zero-order valence-electron chi connectivity index (χ0n) is 7.93. The van der Waals surface area contributed by atoms with Gasteiger partial charge < -0.3 is 5.32 Å². The summed E-state index contributed by atoms with van der Waals surface area (Å²) in [5, 5.41) is 10.1. The first-order valence-electron chi connectivity index (χ1n) is 4.47. The van der Waals surface area contributed by atoms with Crippen molar-refractivity contribution in [2.45, 2.75) is 26.3 Å². The first kappa shape index (κ1) is 9.82. The van der Waals surface area contributed by atoms with Crippen LogP contribution in [0.3, 0.4) is 0 Å². The molecule has 0 atom stereocenters. The average Bonchev–Trinajstić information content (AvgIpc) is 2.52. The molecular formula is C10H15N3. The predicted octanol–water partition coefficient (Wildman–Crippen LogP) is 1.22. The van der Waals surface area contributed by atoms with E-state index in [2.05, 4.69) is 21.4 Å². The van der Waals surface area contributed by atoms with Crippen molar-refractivity contribution in [1.29, 1.82) is 0 Å². The lowest BCUT2D eigenvalue weighted by molar-refractivity contribution is 0.657. The molecule has 0 fully saturated rings. The van der Waals surface area contributed by atoms with E-state index in [-0.39, 0.29) is 0 Å². The van der Waals surface area contributed by atoms with Gasteiger partial charge in [0.25, 0.3) is 0 Å². The zero-order chi connectivity index (χ0) is 9.52. The Labute approximate surface area is 78.9 Å². The minimum Gasteiger partial charge on any atom is -0.313 e. The molecule has 0 saturated carbocycles. The van der Waals surface area contributed by atoms with E-state index in [1.807, 2.05) is 13.1 Å². The molecule has 0 aliphatic carbocycles. The Morgan fingerprint density at radius 1 is 1.69 bits per heavy atom. The summed E-state index contributed by atoms with van der Waals surface area (Å²) in [4.78, 5) is 0. The maximum absolute atomic E-state index is 5.14. The number of aromatic nitrogens is 2. The van der Waals surface area contributed by atoms with Gasteiger partial charge in [0.1, 0.15) is 0 Å². The molecule has 0 bridgehead atoms. The molecule has 0 aliphatic heterocycles. The fraction of sp³-hybridized carbons (Fsp3) is 0.500. The number of unbranched alkanes of at least 4 members (excludes halogenated alkanes) is 1. The van der Waals surface area contributed by atoms with Crippen molar-refractivity contribution in [2.75, 3.05) is 6.54 Å². The van der Waals surface area contributed by atoms with Gasteiger partial charge in [-0.1, -0.05) is 0 Å². The molecule has 0 amide bonds. The summed E-state index contributed by atoms with van der Waals surface area (Å²) in [6.45, 7) is 3.85. The van der Waals surface area contributed by atoms with Crippen molar-refractivity contribution >= 4 is 0 Å². The van der Waals surface area contributed by atoms with E-state index < -0.39 is 0 Å². The maximum atomic E-state index is 5.14. The van der Waals surface area contributed by atoms with Gasteiger partial charge in [-0.15, -0.1) is 12.3 Å². The Morgan fingerprint density at radius 2 is 2.54 bits per heavy atom. The molecule has 0 unspecified atom stereocenters. The third-order valence-electron chi connectivity index (χ3n) is 1.92. The van der Waals surface area contributed by atoms with Crippen LogP contribution in [0.1, 0.15) is 24.1 Å². The van der Waals surface area contributed by atoms with Crippen molar-refractivity contribution in [3.05, 3.63) is 17.5 Å². The molecule has 1 rings (SSSR count). The van der Waals surface area contributed by atoms with Gasteiger partial charge in [-0.05, 0) is 19.9 Å². The zero-order valence-corrected chi connectivity index (χ0v) is 7.93. The summed E-state index contributed by atoms with van der Waals surface area (Å²) in [6, 6.07) is 0. The number of rotatable bonds is 5. The Kier molecular flexibility index (Phi) is 4.07. The van der Waals surface area contributed by atoms with E-state index in [4.69, 9.17) is 6.42 Å². The lowest BCUT2D eigenvalue weighted by Crippen LogP contribution is -2.14. The molecule has 0 aromatic carbocycles. The van der Waals surface area contributed by atoms with Gasteiger partial charge >= 0.3 is 0 Å². The van der Waals surface area contributed by atoms with E-state index in [0.29, 0.717) is 0 Å². The summed E-state index contributed by atoms with van der Waals surface area (Å²) >= 11 is 0. The molecule has 0 aliphatic rings. The fourth-order valence-electron chi connectivity index (χ4n) is 1.09. The smallest absolute Gasteiger partial charge is 0.0535 e. The topological polar surface area (TPSA) is 40.7 Å². The number of H-pyrrole nitrogens is 1. The molecule has 1 aromatic rings. The maximum Gasteiger partial charge on any atom is 0.0535 e. The van der Waals surface area contributed by atoms with Crippen LogP contribution in [0.2, 0.25) is 0 Å². The Bertz CT molecular complexity index is 283. The van der Waals surface area contributed by atoms with Gasteiger partial charge in [-0.2, -0.15) is 5.10 Å². The van der Waals surface area contributed by atoms with E-state index in [0.717, 1.165) is 31.6 Å². The summed E-state index contributed by atoms with van der Waals surface area (Å²) in [5.41, 5.74) is 2.35. The fourth-order valence-corrected chi connectivity index (χ4v) is 1.09. The van der Waals surface area contributed by atoms with Crippen LogP contribution in [-0.2, 0) is 6.54 Å². The first-order valence-corrected chi connectivity index (χ1v) is 4.47. The highest BCUT2D eigenvalue weighted by Crippen LogP contribution is 2.00. The van der Waals surface area contributed by atoms with Gasteiger partial charge in [0.05, 0.1) is 6.20 Å². The average molecular weight is 177 g/mol. The molecule has 1 heterocycles. The van der Waals surface area contributed by atoms with Crippen molar-refractivity contribution in [3.8, 4) is 12.3 Å². The molecular weight excluding hydrogens is 162 g/mol. The van der Waals surface area contributed by atoms with Gasteiger partial charge in [0.15, 0.2) is 0 Å². The summed E-state index contributed by atoms with van der Waals surface area (Å²) in [5.74, 6) is 2.61. The number of hydrogen-bond donors (Lipinski definition) is 2. The number of nitrogens with one attached hydrogen (secondary N) is 2. The molecule has 2 N–H and O–H groups in total. The van der Waals surface area contributed by atoms with Crippen LogP contribution in [0, 0.1) is 19.3 Å². The molecule has 13 heavy (non-hydrogen) atoms. The predicted molar refractivity (Wildman–Crippen MR) is 53.1 cm³/mol. The van der Waals surface area contributed by atoms with Gasteiger partial charge in [0, 0.05) is 24.2 Å². The second-order valence-electron chi connectivity index (χ2n) is 3.00. The van der Waals surface area contributed by atoms with Crippen molar-refractivity contribution < 1.29 is 0 Å². The molecule has 0 saturated heterocycles. The second-order valence-corrected chi connectivity index (χ2v) is 3.00. The summed E-state index contributed by atoms with van der Waals surface area (Å²) in [6.07, 6.45) is 8.87. The van der Waals surface area contributed by atoms with E-state index in [1.54, 1.807) is 0 Å². The van der Waals surface area contributed by atoms with Gasteiger partial charge in [-0.25, -0.2) is 0 Å². The molecule has 1 aromatic heterocycles. The van der Waals surface area contributed by atoms with Crippen LogP contribution in [0.25, 0.3) is 0 Å². The third kappa shape index (κ3) is 3.30. The highest BCUT2D eigenvalue weighted by atomic mass is 15.1. The van der Waals surface area contributed by atoms with E-state index >= 15 is 0 Å². The Morgan fingerprint density at radius 3 is 3.15 bits per heavy atom. The van der Waals surface area contributed by atoms with Crippen LogP contribution < -0.4 is 5.32 Å². The monoisotopic (exact) mass is 177 g/mol. The quantitative estimate of drug-likeness (QED) is 0.524.